The molecule has 2 heterocycles. The van der Waals surface area contributed by atoms with Crippen LogP contribution in [0.4, 0.5) is 0 Å². The largest absolute Gasteiger partial charge is 0.303 e. The Morgan fingerprint density at radius 3 is 2.92 bits per heavy atom. The van der Waals surface area contributed by atoms with Gasteiger partial charge in [-0.05, 0) is 19.1 Å². The summed E-state index contributed by atoms with van der Waals surface area (Å²) in [6.45, 7) is 1.95. The van der Waals surface area contributed by atoms with Gasteiger partial charge in [0.05, 0.1) is 16.6 Å². The van der Waals surface area contributed by atoms with E-state index in [0.717, 1.165) is 22.1 Å². The van der Waals surface area contributed by atoms with Crippen molar-refractivity contribution < 1.29 is 0 Å². The van der Waals surface area contributed by atoms with Gasteiger partial charge in [-0.2, -0.15) is 0 Å². The molecule has 0 bridgehead atoms. The van der Waals surface area contributed by atoms with Gasteiger partial charge >= 0.3 is 0 Å². The molecule has 0 radical (unpaired) electrons. The van der Waals surface area contributed by atoms with Gasteiger partial charge in [0, 0.05) is 11.9 Å². The Hall–Kier alpha value is -0.730. The number of hydrogen-bond acceptors (Lipinski definition) is 1. The first-order valence-corrected chi connectivity index (χ1v) is 4.82. The zero-order valence-electron chi connectivity index (χ0n) is 7.09. The van der Waals surface area contributed by atoms with E-state index in [1.54, 1.807) is 0 Å². The zero-order chi connectivity index (χ0) is 9.42. The molecule has 0 aromatic carbocycles. The summed E-state index contributed by atoms with van der Waals surface area (Å²) < 4.78 is 1.94. The second kappa shape index (κ2) is 3.20. The third kappa shape index (κ3) is 1.40. The Bertz CT molecular complexity index is 448. The molecule has 0 amide bonds. The van der Waals surface area contributed by atoms with Crippen LogP contribution in [0, 0.1) is 6.92 Å². The van der Waals surface area contributed by atoms with Crippen molar-refractivity contribution in [1.82, 2.24) is 9.38 Å². The van der Waals surface area contributed by atoms with Crippen LogP contribution in [0.3, 0.4) is 0 Å². The number of hydrogen-bond donors (Lipinski definition) is 0. The summed E-state index contributed by atoms with van der Waals surface area (Å²) in [5, 5.41) is 0.742. The first-order chi connectivity index (χ1) is 6.22. The maximum absolute atomic E-state index is 5.96. The van der Waals surface area contributed by atoms with Crippen LogP contribution >= 0.6 is 23.2 Å². The maximum atomic E-state index is 5.96. The van der Waals surface area contributed by atoms with Gasteiger partial charge in [-0.25, -0.2) is 4.98 Å². The fourth-order valence-corrected chi connectivity index (χ4v) is 1.56. The summed E-state index contributed by atoms with van der Waals surface area (Å²) in [7, 11) is 0. The number of aromatic nitrogens is 2. The van der Waals surface area contributed by atoms with Crippen molar-refractivity contribution in [3.8, 4) is 0 Å². The second-order valence-corrected chi connectivity index (χ2v) is 3.54. The van der Waals surface area contributed by atoms with E-state index in [1.807, 2.05) is 29.7 Å². The lowest BCUT2D eigenvalue weighted by Crippen LogP contribution is -1.89. The van der Waals surface area contributed by atoms with Gasteiger partial charge < -0.3 is 4.40 Å². The lowest BCUT2D eigenvalue weighted by molar-refractivity contribution is 1.09. The van der Waals surface area contributed by atoms with Crippen LogP contribution in [0.2, 0.25) is 5.02 Å². The first kappa shape index (κ1) is 8.85. The molecule has 0 unspecified atom stereocenters. The summed E-state index contributed by atoms with van der Waals surface area (Å²) in [6.07, 6.45) is 1.91. The van der Waals surface area contributed by atoms with Crippen molar-refractivity contribution in [1.29, 1.82) is 0 Å². The molecule has 68 valence electrons. The Morgan fingerprint density at radius 1 is 1.46 bits per heavy atom. The number of aryl methyl sites for hydroxylation is 1. The van der Waals surface area contributed by atoms with Crippen LogP contribution in [0.15, 0.2) is 18.3 Å². The fraction of sp³-hybridized carbons (Fsp3) is 0.222. The van der Waals surface area contributed by atoms with Gasteiger partial charge in [-0.3, -0.25) is 0 Å². The van der Waals surface area contributed by atoms with Crippen molar-refractivity contribution >= 4 is 28.8 Å². The van der Waals surface area contributed by atoms with E-state index in [0.29, 0.717) is 5.88 Å². The van der Waals surface area contributed by atoms with Gasteiger partial charge in [0.2, 0.25) is 0 Å². The third-order valence-electron chi connectivity index (χ3n) is 2.01. The Kier molecular flexibility index (Phi) is 2.18. The Morgan fingerprint density at radius 2 is 2.23 bits per heavy atom. The Labute approximate surface area is 86.1 Å². The van der Waals surface area contributed by atoms with E-state index >= 15 is 0 Å². The minimum absolute atomic E-state index is 0.429. The summed E-state index contributed by atoms with van der Waals surface area (Å²) in [5.74, 6) is 0.429. The molecule has 2 rings (SSSR count). The molecule has 0 spiro atoms. The van der Waals surface area contributed by atoms with Crippen molar-refractivity contribution in [3.05, 3.63) is 34.7 Å². The van der Waals surface area contributed by atoms with Gasteiger partial charge in [0.15, 0.2) is 0 Å². The highest BCUT2D eigenvalue weighted by Crippen LogP contribution is 2.17. The molecule has 4 heteroatoms. The van der Waals surface area contributed by atoms with Gasteiger partial charge in [-0.1, -0.05) is 11.6 Å². The molecule has 0 fully saturated rings. The Balaban J connectivity index is 2.76. The van der Waals surface area contributed by atoms with Crippen LogP contribution in [-0.2, 0) is 5.88 Å². The number of pyridine rings is 1. The van der Waals surface area contributed by atoms with Crippen LogP contribution in [0.5, 0.6) is 0 Å². The van der Waals surface area contributed by atoms with E-state index in [-0.39, 0.29) is 0 Å². The number of nitrogens with zero attached hydrogens (tertiary/aromatic N) is 2. The quantitative estimate of drug-likeness (QED) is 0.668. The smallest absolute Gasteiger partial charge is 0.137 e. The van der Waals surface area contributed by atoms with Gasteiger partial charge in [0.25, 0.3) is 0 Å². The molecule has 0 aliphatic carbocycles. The highest BCUT2D eigenvalue weighted by molar-refractivity contribution is 6.31. The zero-order valence-corrected chi connectivity index (χ0v) is 8.60. The van der Waals surface area contributed by atoms with Gasteiger partial charge in [-0.15, -0.1) is 11.6 Å². The fourth-order valence-electron chi connectivity index (χ4n) is 1.28. The predicted molar refractivity (Wildman–Crippen MR) is 54.5 cm³/mol. The minimum Gasteiger partial charge on any atom is -0.303 e. The molecule has 0 aliphatic rings. The van der Waals surface area contributed by atoms with Crippen LogP contribution < -0.4 is 0 Å². The molecule has 2 aromatic rings. The number of alkyl halides is 1. The average Bonchev–Trinajstić information content (AvgIpc) is 2.55. The summed E-state index contributed by atoms with van der Waals surface area (Å²) in [5.41, 5.74) is 2.74. The number of fused-ring (bicyclic) bond motifs is 1. The van der Waals surface area contributed by atoms with E-state index in [2.05, 4.69) is 4.98 Å². The topological polar surface area (TPSA) is 17.3 Å². The van der Waals surface area contributed by atoms with Crippen molar-refractivity contribution in [2.24, 2.45) is 0 Å². The summed E-state index contributed by atoms with van der Waals surface area (Å²) >= 11 is 11.6. The minimum atomic E-state index is 0.429. The number of rotatable bonds is 1. The number of halogens is 2. The van der Waals surface area contributed by atoms with Crippen LogP contribution in [-0.4, -0.2) is 9.38 Å². The molecule has 13 heavy (non-hydrogen) atoms. The molecular weight excluding hydrogens is 207 g/mol. The van der Waals surface area contributed by atoms with E-state index in [9.17, 15) is 0 Å². The molecule has 0 saturated heterocycles. The van der Waals surface area contributed by atoms with Gasteiger partial charge in [0.1, 0.15) is 5.65 Å². The highest BCUT2D eigenvalue weighted by atomic mass is 35.5. The van der Waals surface area contributed by atoms with E-state index in [4.69, 9.17) is 23.2 Å². The predicted octanol–water partition coefficient (Wildman–Crippen LogP) is 3.03. The first-order valence-electron chi connectivity index (χ1n) is 3.91. The summed E-state index contributed by atoms with van der Waals surface area (Å²) in [6, 6.07) is 3.72. The van der Waals surface area contributed by atoms with Crippen LogP contribution in [0.25, 0.3) is 5.65 Å². The van der Waals surface area contributed by atoms with Crippen molar-refractivity contribution in [2.75, 3.05) is 0 Å². The van der Waals surface area contributed by atoms with Crippen molar-refractivity contribution in [2.45, 2.75) is 12.8 Å². The molecular formula is C9H8Cl2N2. The van der Waals surface area contributed by atoms with E-state index < -0.39 is 0 Å². The molecule has 0 N–H and O–H groups in total. The molecule has 0 atom stereocenters. The molecule has 0 saturated carbocycles. The monoisotopic (exact) mass is 214 g/mol. The lowest BCUT2D eigenvalue weighted by Gasteiger charge is -2.00. The normalized spacial score (nSPS) is 11.0. The highest BCUT2D eigenvalue weighted by Gasteiger charge is 2.04. The summed E-state index contributed by atoms with van der Waals surface area (Å²) in [4.78, 5) is 4.31. The van der Waals surface area contributed by atoms with E-state index in [1.165, 1.54) is 0 Å². The standard InChI is InChI=1S/C9H8Cl2N2/c1-6-8(11)2-3-9-12-7(4-10)5-13(6)9/h2-3,5H,4H2,1H3. The maximum Gasteiger partial charge on any atom is 0.137 e. The molecule has 2 nitrogen and oxygen atoms in total. The van der Waals surface area contributed by atoms with Crippen molar-refractivity contribution in [3.63, 3.8) is 0 Å². The second-order valence-electron chi connectivity index (χ2n) is 2.86. The third-order valence-corrected chi connectivity index (χ3v) is 2.68. The average molecular weight is 215 g/mol. The molecule has 2 aromatic heterocycles. The van der Waals surface area contributed by atoms with Crippen LogP contribution in [0.1, 0.15) is 11.4 Å². The lowest BCUT2D eigenvalue weighted by atomic mass is 10.4. The molecule has 0 aliphatic heterocycles. The number of imidazole rings is 1. The SMILES string of the molecule is Cc1c(Cl)ccc2nc(CCl)cn12.